The van der Waals surface area contributed by atoms with Crippen LogP contribution in [0, 0.1) is 11.3 Å². The fourth-order valence-electron chi connectivity index (χ4n) is 3.17. The Bertz CT molecular complexity index is 307. The molecule has 0 saturated heterocycles. The fraction of sp³-hybridized carbons (Fsp3) is 0.933. The van der Waals surface area contributed by atoms with Gasteiger partial charge >= 0.3 is 5.97 Å². The molecule has 0 aromatic heterocycles. The van der Waals surface area contributed by atoms with Crippen LogP contribution in [-0.4, -0.2) is 21.1 Å². The molecule has 0 atom stereocenters. The van der Waals surface area contributed by atoms with E-state index in [1.807, 2.05) is 0 Å². The monoisotopic (exact) mass is 270 g/mol. The summed E-state index contributed by atoms with van der Waals surface area (Å²) < 4.78 is -0.458. The van der Waals surface area contributed by atoms with Gasteiger partial charge in [-0.3, -0.25) is 4.79 Å². The topological polar surface area (TPSA) is 37.3 Å². The summed E-state index contributed by atoms with van der Waals surface area (Å²) in [5.74, 6) is 0.00302. The molecular weight excluding hydrogens is 244 g/mol. The molecule has 0 aliphatic heterocycles. The predicted octanol–water partition coefficient (Wildman–Crippen LogP) is 4.33. The zero-order valence-electron chi connectivity index (χ0n) is 11.9. The van der Waals surface area contributed by atoms with Crippen LogP contribution in [0.5, 0.6) is 0 Å². The van der Waals surface area contributed by atoms with Crippen molar-refractivity contribution >= 4 is 17.7 Å². The lowest BCUT2D eigenvalue weighted by Gasteiger charge is -2.51. The van der Waals surface area contributed by atoms with E-state index in [9.17, 15) is 9.90 Å². The summed E-state index contributed by atoms with van der Waals surface area (Å²) in [7, 11) is 0. The Morgan fingerprint density at radius 1 is 1.17 bits per heavy atom. The molecule has 0 spiro atoms. The maximum absolute atomic E-state index is 11.6. The molecule has 0 radical (unpaired) electrons. The molecule has 2 rings (SSSR count). The average Bonchev–Trinajstić information content (AvgIpc) is 2.22. The van der Waals surface area contributed by atoms with Crippen molar-refractivity contribution in [3.8, 4) is 0 Å². The van der Waals surface area contributed by atoms with Crippen molar-refractivity contribution in [1.29, 1.82) is 0 Å². The van der Waals surface area contributed by atoms with Crippen LogP contribution in [0.25, 0.3) is 0 Å². The molecule has 1 N–H and O–H groups in total. The van der Waals surface area contributed by atoms with Crippen LogP contribution >= 0.6 is 11.8 Å². The van der Waals surface area contributed by atoms with E-state index >= 15 is 0 Å². The van der Waals surface area contributed by atoms with E-state index < -0.39 is 10.7 Å². The Morgan fingerprint density at radius 2 is 1.72 bits per heavy atom. The van der Waals surface area contributed by atoms with Crippen LogP contribution in [0.2, 0.25) is 0 Å². The molecule has 2 fully saturated rings. The van der Waals surface area contributed by atoms with Gasteiger partial charge in [0.15, 0.2) is 0 Å². The number of hydrogen-bond donors (Lipinski definition) is 1. The normalized spacial score (nSPS) is 34.1. The lowest BCUT2D eigenvalue weighted by atomic mass is 9.62. The Morgan fingerprint density at radius 3 is 2.17 bits per heavy atom. The Labute approximate surface area is 115 Å². The first-order valence-electron chi connectivity index (χ1n) is 7.25. The van der Waals surface area contributed by atoms with Crippen molar-refractivity contribution in [2.75, 3.05) is 0 Å². The summed E-state index contributed by atoms with van der Waals surface area (Å²) in [5.41, 5.74) is 0.256. The highest BCUT2D eigenvalue weighted by Gasteiger charge is 2.54. The number of carboxylic acid groups (broad SMARTS) is 1. The van der Waals surface area contributed by atoms with Gasteiger partial charge in [0.25, 0.3) is 0 Å². The Hall–Kier alpha value is -0.180. The number of hydrogen-bond acceptors (Lipinski definition) is 2. The molecule has 0 unspecified atom stereocenters. The van der Waals surface area contributed by atoms with Crippen LogP contribution in [0.1, 0.15) is 65.7 Å². The van der Waals surface area contributed by atoms with Gasteiger partial charge in [-0.1, -0.05) is 40.0 Å². The molecule has 0 bridgehead atoms. The summed E-state index contributed by atoms with van der Waals surface area (Å²) in [6, 6.07) is 0. The summed E-state index contributed by atoms with van der Waals surface area (Å²) in [5, 5.41) is 10.2. The van der Waals surface area contributed by atoms with Crippen molar-refractivity contribution in [3.05, 3.63) is 0 Å². The first-order chi connectivity index (χ1) is 8.33. The third-order valence-electron chi connectivity index (χ3n) is 4.71. The summed E-state index contributed by atoms with van der Waals surface area (Å²) >= 11 is 1.78. The second-order valence-corrected chi connectivity index (χ2v) is 8.83. The standard InChI is InChI=1S/C15H26O2S/c1-14(2,3)11-9-15(10-11,13(16)17)18-12-7-5-4-6-8-12/h11-12H,4-10H2,1-3H3,(H,16,17). The molecule has 2 saturated carbocycles. The van der Waals surface area contributed by atoms with Crippen LogP contribution < -0.4 is 0 Å². The van der Waals surface area contributed by atoms with Crippen molar-refractivity contribution in [3.63, 3.8) is 0 Å². The predicted molar refractivity (Wildman–Crippen MR) is 77.0 cm³/mol. The summed E-state index contributed by atoms with van der Waals surface area (Å²) in [6.07, 6.45) is 8.09. The molecule has 3 heteroatoms. The van der Waals surface area contributed by atoms with Gasteiger partial charge < -0.3 is 5.11 Å². The minimum absolute atomic E-state index is 0.256. The quantitative estimate of drug-likeness (QED) is 0.829. The SMILES string of the molecule is CC(C)(C)C1CC(SC2CCCCC2)(C(=O)O)C1. The van der Waals surface area contributed by atoms with Crippen molar-refractivity contribution < 1.29 is 9.90 Å². The third-order valence-corrected chi connectivity index (χ3v) is 6.48. The Kier molecular flexibility index (Phi) is 4.01. The molecule has 0 aromatic carbocycles. The average molecular weight is 270 g/mol. The maximum Gasteiger partial charge on any atom is 0.319 e. The second kappa shape index (κ2) is 5.07. The first kappa shape index (κ1) is 14.2. The van der Waals surface area contributed by atoms with E-state index in [0.29, 0.717) is 11.2 Å². The van der Waals surface area contributed by atoms with Gasteiger partial charge in [-0.25, -0.2) is 0 Å². The minimum Gasteiger partial charge on any atom is -0.480 e. The Balaban J connectivity index is 1.96. The van der Waals surface area contributed by atoms with Crippen molar-refractivity contribution in [1.82, 2.24) is 0 Å². The highest BCUT2D eigenvalue weighted by atomic mass is 32.2. The second-order valence-electron chi connectivity index (χ2n) is 7.15. The van der Waals surface area contributed by atoms with Crippen LogP contribution in [-0.2, 0) is 4.79 Å². The van der Waals surface area contributed by atoms with Crippen molar-refractivity contribution in [2.45, 2.75) is 75.7 Å². The van der Waals surface area contributed by atoms with Crippen LogP contribution in [0.4, 0.5) is 0 Å². The van der Waals surface area contributed by atoms with Gasteiger partial charge in [0.05, 0.1) is 0 Å². The molecule has 2 aliphatic carbocycles. The van der Waals surface area contributed by atoms with E-state index in [-0.39, 0.29) is 5.41 Å². The highest BCUT2D eigenvalue weighted by molar-refractivity contribution is 8.02. The van der Waals surface area contributed by atoms with Crippen LogP contribution in [0.3, 0.4) is 0 Å². The zero-order valence-corrected chi connectivity index (χ0v) is 12.7. The molecule has 104 valence electrons. The first-order valence-corrected chi connectivity index (χ1v) is 8.13. The number of carboxylic acids is 1. The molecule has 18 heavy (non-hydrogen) atoms. The van der Waals surface area contributed by atoms with Gasteiger partial charge in [0.1, 0.15) is 4.75 Å². The molecule has 2 aliphatic rings. The molecule has 0 heterocycles. The highest BCUT2D eigenvalue weighted by Crippen LogP contribution is 2.56. The van der Waals surface area contributed by atoms with E-state index in [2.05, 4.69) is 20.8 Å². The van der Waals surface area contributed by atoms with Gasteiger partial charge in [-0.2, -0.15) is 0 Å². The fourth-order valence-corrected chi connectivity index (χ4v) is 5.07. The molecule has 2 nitrogen and oxygen atoms in total. The van der Waals surface area contributed by atoms with Crippen LogP contribution in [0.15, 0.2) is 0 Å². The number of aliphatic carboxylic acids is 1. The van der Waals surface area contributed by atoms with E-state index in [0.717, 1.165) is 12.8 Å². The molecule has 0 aromatic rings. The van der Waals surface area contributed by atoms with Gasteiger partial charge in [-0.15, -0.1) is 11.8 Å². The van der Waals surface area contributed by atoms with E-state index in [1.165, 1.54) is 32.1 Å². The van der Waals surface area contributed by atoms with E-state index in [1.54, 1.807) is 11.8 Å². The summed E-state index contributed by atoms with van der Waals surface area (Å²) in [6.45, 7) is 6.69. The number of carbonyl (C=O) groups is 1. The van der Waals surface area contributed by atoms with Crippen molar-refractivity contribution in [2.24, 2.45) is 11.3 Å². The third kappa shape index (κ3) is 2.87. The largest absolute Gasteiger partial charge is 0.480 e. The lowest BCUT2D eigenvalue weighted by Crippen LogP contribution is -2.52. The zero-order chi connectivity index (χ0) is 13.4. The molecular formula is C15H26O2S. The van der Waals surface area contributed by atoms with Gasteiger partial charge in [0, 0.05) is 5.25 Å². The smallest absolute Gasteiger partial charge is 0.319 e. The minimum atomic E-state index is -0.571. The van der Waals surface area contributed by atoms with E-state index in [4.69, 9.17) is 0 Å². The molecule has 0 amide bonds. The van der Waals surface area contributed by atoms with Gasteiger partial charge in [0.2, 0.25) is 0 Å². The lowest BCUT2D eigenvalue weighted by molar-refractivity contribution is -0.145. The number of thioether (sulfide) groups is 1. The number of rotatable bonds is 3. The van der Waals surface area contributed by atoms with Gasteiger partial charge in [-0.05, 0) is 37.0 Å². The summed E-state index contributed by atoms with van der Waals surface area (Å²) in [4.78, 5) is 11.6. The maximum atomic E-state index is 11.6.